The minimum Gasteiger partial charge on any atom is -0.493 e. The first-order valence-electron chi connectivity index (χ1n) is 6.41. The highest BCUT2D eigenvalue weighted by Gasteiger charge is 2.14. The van der Waals surface area contributed by atoms with Crippen molar-refractivity contribution in [2.75, 3.05) is 19.7 Å². The molecule has 1 aromatic carbocycles. The van der Waals surface area contributed by atoms with Crippen molar-refractivity contribution in [3.63, 3.8) is 0 Å². The van der Waals surface area contributed by atoms with Gasteiger partial charge in [-0.3, -0.25) is 0 Å². The second kappa shape index (κ2) is 6.27. The Balaban J connectivity index is 1.93. The van der Waals surface area contributed by atoms with Crippen molar-refractivity contribution in [2.24, 2.45) is 5.92 Å². The second-order valence-corrected chi connectivity index (χ2v) is 5.07. The molecule has 0 aliphatic carbocycles. The summed E-state index contributed by atoms with van der Waals surface area (Å²) in [4.78, 5) is 0. The first-order chi connectivity index (χ1) is 8.29. The van der Waals surface area contributed by atoms with Crippen molar-refractivity contribution < 1.29 is 4.74 Å². The van der Waals surface area contributed by atoms with E-state index >= 15 is 0 Å². The van der Waals surface area contributed by atoms with Crippen LogP contribution in [0.2, 0.25) is 5.02 Å². The van der Waals surface area contributed by atoms with Gasteiger partial charge in [0, 0.05) is 17.5 Å². The summed E-state index contributed by atoms with van der Waals surface area (Å²) in [6.07, 6.45) is 3.48. The molecule has 0 bridgehead atoms. The molecular weight excluding hydrogens is 234 g/mol. The average Bonchev–Trinajstić information content (AvgIpc) is 2.38. The molecule has 1 fully saturated rings. The molecular formula is C14H20ClNO. The molecule has 1 atom stereocenters. The van der Waals surface area contributed by atoms with Gasteiger partial charge in [-0.2, -0.15) is 0 Å². The molecule has 0 spiro atoms. The molecule has 17 heavy (non-hydrogen) atoms. The third kappa shape index (κ3) is 3.62. The fourth-order valence-corrected chi connectivity index (χ4v) is 2.43. The first kappa shape index (κ1) is 12.7. The summed E-state index contributed by atoms with van der Waals surface area (Å²) >= 11 is 5.98. The van der Waals surface area contributed by atoms with E-state index in [2.05, 4.69) is 12.2 Å². The third-order valence-electron chi connectivity index (χ3n) is 3.28. The molecule has 0 saturated carbocycles. The third-order valence-corrected chi connectivity index (χ3v) is 3.51. The number of aryl methyl sites for hydroxylation is 1. The van der Waals surface area contributed by atoms with Crippen LogP contribution in [0.5, 0.6) is 5.75 Å². The standard InChI is InChI=1S/C14H20ClNO/c1-2-12-8-13(15)5-6-14(12)17-10-11-4-3-7-16-9-11/h5-6,8,11,16H,2-4,7,9-10H2,1H3. The Kier molecular flexibility index (Phi) is 4.69. The normalized spacial score (nSPS) is 20.2. The summed E-state index contributed by atoms with van der Waals surface area (Å²) in [5.41, 5.74) is 1.20. The quantitative estimate of drug-likeness (QED) is 0.889. The Hall–Kier alpha value is -0.730. The van der Waals surface area contributed by atoms with Crippen LogP contribution in [0.1, 0.15) is 25.3 Å². The molecule has 1 aromatic rings. The smallest absolute Gasteiger partial charge is 0.122 e. The van der Waals surface area contributed by atoms with Crippen LogP contribution >= 0.6 is 11.6 Å². The maximum Gasteiger partial charge on any atom is 0.122 e. The van der Waals surface area contributed by atoms with Crippen molar-refractivity contribution in [3.8, 4) is 5.75 Å². The van der Waals surface area contributed by atoms with Crippen molar-refractivity contribution >= 4 is 11.6 Å². The zero-order valence-corrected chi connectivity index (χ0v) is 11.1. The van der Waals surface area contributed by atoms with Crippen LogP contribution in [0, 0.1) is 5.92 Å². The SMILES string of the molecule is CCc1cc(Cl)ccc1OCC1CCCNC1. The number of nitrogens with one attached hydrogen (secondary N) is 1. The number of benzene rings is 1. The lowest BCUT2D eigenvalue weighted by atomic mass is 10.0. The molecule has 2 nitrogen and oxygen atoms in total. The van der Waals surface area contributed by atoms with Gasteiger partial charge >= 0.3 is 0 Å². The predicted octanol–water partition coefficient (Wildman–Crippen LogP) is 3.28. The van der Waals surface area contributed by atoms with Gasteiger partial charge in [0.1, 0.15) is 5.75 Å². The number of hydrogen-bond donors (Lipinski definition) is 1. The van der Waals surface area contributed by atoms with E-state index in [-0.39, 0.29) is 0 Å². The van der Waals surface area contributed by atoms with Crippen molar-refractivity contribution in [1.29, 1.82) is 0 Å². The van der Waals surface area contributed by atoms with E-state index in [4.69, 9.17) is 16.3 Å². The Morgan fingerprint density at radius 1 is 1.47 bits per heavy atom. The Bertz CT molecular complexity index is 361. The van der Waals surface area contributed by atoms with Crippen LogP contribution < -0.4 is 10.1 Å². The van der Waals surface area contributed by atoms with E-state index in [1.54, 1.807) is 0 Å². The largest absolute Gasteiger partial charge is 0.493 e. The van der Waals surface area contributed by atoms with Gasteiger partial charge in [0.25, 0.3) is 0 Å². The van der Waals surface area contributed by atoms with Crippen molar-refractivity contribution in [2.45, 2.75) is 26.2 Å². The molecule has 0 amide bonds. The maximum atomic E-state index is 5.98. The highest BCUT2D eigenvalue weighted by molar-refractivity contribution is 6.30. The monoisotopic (exact) mass is 253 g/mol. The fraction of sp³-hybridized carbons (Fsp3) is 0.571. The lowest BCUT2D eigenvalue weighted by Crippen LogP contribution is -2.33. The van der Waals surface area contributed by atoms with E-state index in [0.29, 0.717) is 5.92 Å². The van der Waals surface area contributed by atoms with Gasteiger partial charge in [0.2, 0.25) is 0 Å². The van der Waals surface area contributed by atoms with Crippen LogP contribution in [-0.2, 0) is 6.42 Å². The van der Waals surface area contributed by atoms with E-state index in [0.717, 1.165) is 36.9 Å². The van der Waals surface area contributed by atoms with Gasteiger partial charge < -0.3 is 10.1 Å². The molecule has 1 saturated heterocycles. The summed E-state index contributed by atoms with van der Waals surface area (Å²) in [6.45, 7) is 5.16. The van der Waals surface area contributed by atoms with Crippen LogP contribution in [0.4, 0.5) is 0 Å². The van der Waals surface area contributed by atoms with E-state index in [1.165, 1.54) is 18.4 Å². The number of ether oxygens (including phenoxy) is 1. The summed E-state index contributed by atoms with van der Waals surface area (Å²) < 4.78 is 5.92. The first-order valence-corrected chi connectivity index (χ1v) is 6.79. The maximum absolute atomic E-state index is 5.98. The summed E-state index contributed by atoms with van der Waals surface area (Å²) in [5, 5.41) is 4.19. The molecule has 1 unspecified atom stereocenters. The van der Waals surface area contributed by atoms with Crippen LogP contribution in [-0.4, -0.2) is 19.7 Å². The number of hydrogen-bond acceptors (Lipinski definition) is 2. The van der Waals surface area contributed by atoms with E-state index < -0.39 is 0 Å². The van der Waals surface area contributed by atoms with Crippen molar-refractivity contribution in [1.82, 2.24) is 5.32 Å². The zero-order chi connectivity index (χ0) is 12.1. The molecule has 1 aliphatic rings. The second-order valence-electron chi connectivity index (χ2n) is 4.63. The number of halogens is 1. The average molecular weight is 254 g/mol. The molecule has 3 heteroatoms. The minimum atomic E-state index is 0.643. The van der Waals surface area contributed by atoms with Gasteiger partial charge in [0.15, 0.2) is 0 Å². The predicted molar refractivity (Wildman–Crippen MR) is 71.9 cm³/mol. The number of piperidine rings is 1. The Labute approximate surface area is 108 Å². The van der Waals surface area contributed by atoms with Crippen LogP contribution in [0.25, 0.3) is 0 Å². The molecule has 0 aromatic heterocycles. The van der Waals surface area contributed by atoms with E-state index in [1.807, 2.05) is 18.2 Å². The molecule has 0 radical (unpaired) electrons. The summed E-state index contributed by atoms with van der Waals surface area (Å²) in [7, 11) is 0. The molecule has 1 N–H and O–H groups in total. The Morgan fingerprint density at radius 3 is 3.06 bits per heavy atom. The molecule has 94 valence electrons. The van der Waals surface area contributed by atoms with Gasteiger partial charge in [-0.25, -0.2) is 0 Å². The topological polar surface area (TPSA) is 21.3 Å². The van der Waals surface area contributed by atoms with Crippen LogP contribution in [0.15, 0.2) is 18.2 Å². The van der Waals surface area contributed by atoms with E-state index in [9.17, 15) is 0 Å². The van der Waals surface area contributed by atoms with Gasteiger partial charge in [-0.1, -0.05) is 18.5 Å². The highest BCUT2D eigenvalue weighted by Crippen LogP contribution is 2.24. The lowest BCUT2D eigenvalue weighted by molar-refractivity contribution is 0.217. The van der Waals surface area contributed by atoms with Gasteiger partial charge in [-0.15, -0.1) is 0 Å². The van der Waals surface area contributed by atoms with Crippen LogP contribution in [0.3, 0.4) is 0 Å². The number of rotatable bonds is 4. The van der Waals surface area contributed by atoms with Gasteiger partial charge in [-0.05, 0) is 49.6 Å². The fourth-order valence-electron chi connectivity index (χ4n) is 2.24. The lowest BCUT2D eigenvalue weighted by Gasteiger charge is -2.23. The molecule has 2 rings (SSSR count). The molecule has 1 heterocycles. The summed E-state index contributed by atoms with van der Waals surface area (Å²) in [5.74, 6) is 1.63. The highest BCUT2D eigenvalue weighted by atomic mass is 35.5. The summed E-state index contributed by atoms with van der Waals surface area (Å²) in [6, 6.07) is 5.88. The zero-order valence-electron chi connectivity index (χ0n) is 10.3. The minimum absolute atomic E-state index is 0.643. The van der Waals surface area contributed by atoms with Gasteiger partial charge in [0.05, 0.1) is 6.61 Å². The Morgan fingerprint density at radius 2 is 2.35 bits per heavy atom. The molecule has 1 aliphatic heterocycles. The van der Waals surface area contributed by atoms with Crippen molar-refractivity contribution in [3.05, 3.63) is 28.8 Å².